The second-order valence-corrected chi connectivity index (χ2v) is 4.85. The molecule has 1 N–H and O–H groups in total. The first-order valence-corrected chi connectivity index (χ1v) is 6.91. The highest BCUT2D eigenvalue weighted by Gasteiger charge is 2.36. The second kappa shape index (κ2) is 5.89. The number of nitrogens with one attached hydrogen (secondary N) is 1. The van der Waals surface area contributed by atoms with E-state index in [0.29, 0.717) is 33.9 Å². The summed E-state index contributed by atoms with van der Waals surface area (Å²) >= 11 is 0. The lowest BCUT2D eigenvalue weighted by Gasteiger charge is -2.15. The van der Waals surface area contributed by atoms with Crippen LogP contribution in [0.2, 0.25) is 0 Å². The molecule has 1 unspecified atom stereocenters. The SMILES string of the molecule is COc1ccc2c(c1OC)C(=O)OC2Nc1ccccc1C#N. The highest BCUT2D eigenvalue weighted by molar-refractivity contribution is 5.98. The normalized spacial score (nSPS) is 15.3. The van der Waals surface area contributed by atoms with Crippen molar-refractivity contribution in [1.82, 2.24) is 0 Å². The van der Waals surface area contributed by atoms with Crippen molar-refractivity contribution < 1.29 is 19.0 Å². The molecule has 2 aromatic carbocycles. The van der Waals surface area contributed by atoms with Crippen LogP contribution in [0.5, 0.6) is 11.5 Å². The van der Waals surface area contributed by atoms with Crippen molar-refractivity contribution in [3.8, 4) is 17.6 Å². The van der Waals surface area contributed by atoms with E-state index < -0.39 is 12.2 Å². The van der Waals surface area contributed by atoms with Crippen LogP contribution in [0, 0.1) is 11.3 Å². The Morgan fingerprint density at radius 3 is 2.65 bits per heavy atom. The van der Waals surface area contributed by atoms with E-state index in [9.17, 15) is 4.79 Å². The Bertz CT molecular complexity index is 811. The van der Waals surface area contributed by atoms with Gasteiger partial charge < -0.3 is 19.5 Å². The van der Waals surface area contributed by atoms with Crippen molar-refractivity contribution in [3.63, 3.8) is 0 Å². The van der Waals surface area contributed by atoms with E-state index in [1.165, 1.54) is 14.2 Å². The lowest BCUT2D eigenvalue weighted by Crippen LogP contribution is -2.11. The molecule has 116 valence electrons. The minimum Gasteiger partial charge on any atom is -0.493 e. The first-order valence-electron chi connectivity index (χ1n) is 6.91. The van der Waals surface area contributed by atoms with Crippen molar-refractivity contribution in [2.24, 2.45) is 0 Å². The number of para-hydroxylation sites is 1. The quantitative estimate of drug-likeness (QED) is 0.875. The lowest BCUT2D eigenvalue weighted by atomic mass is 10.1. The maximum absolute atomic E-state index is 12.2. The number of anilines is 1. The molecule has 3 rings (SSSR count). The van der Waals surface area contributed by atoms with Gasteiger partial charge in [-0.15, -0.1) is 0 Å². The Morgan fingerprint density at radius 2 is 1.96 bits per heavy atom. The fourth-order valence-corrected chi connectivity index (χ4v) is 2.56. The van der Waals surface area contributed by atoms with E-state index in [2.05, 4.69) is 11.4 Å². The third kappa shape index (κ3) is 2.42. The van der Waals surface area contributed by atoms with Gasteiger partial charge in [0, 0.05) is 5.56 Å². The molecule has 0 aromatic heterocycles. The van der Waals surface area contributed by atoms with Gasteiger partial charge in [0.25, 0.3) is 0 Å². The summed E-state index contributed by atoms with van der Waals surface area (Å²) in [6.07, 6.45) is -0.688. The van der Waals surface area contributed by atoms with Crippen LogP contribution in [0.4, 0.5) is 5.69 Å². The number of hydrogen-bond donors (Lipinski definition) is 1. The fraction of sp³-hybridized carbons (Fsp3) is 0.176. The number of ether oxygens (including phenoxy) is 3. The van der Waals surface area contributed by atoms with Crippen LogP contribution in [0.15, 0.2) is 36.4 Å². The van der Waals surface area contributed by atoms with Gasteiger partial charge in [0.2, 0.25) is 6.23 Å². The van der Waals surface area contributed by atoms with E-state index in [4.69, 9.17) is 19.5 Å². The molecule has 0 spiro atoms. The third-order valence-electron chi connectivity index (χ3n) is 3.62. The summed E-state index contributed by atoms with van der Waals surface area (Å²) in [4.78, 5) is 12.2. The van der Waals surface area contributed by atoms with Crippen molar-refractivity contribution in [2.45, 2.75) is 6.23 Å². The topological polar surface area (TPSA) is 80.6 Å². The largest absolute Gasteiger partial charge is 0.493 e. The molecule has 1 aliphatic heterocycles. The molecule has 1 aliphatic rings. The minimum absolute atomic E-state index is 0.332. The van der Waals surface area contributed by atoms with Crippen LogP contribution < -0.4 is 14.8 Å². The Hall–Kier alpha value is -3.20. The van der Waals surface area contributed by atoms with E-state index in [0.717, 1.165) is 0 Å². The average Bonchev–Trinajstić information content (AvgIpc) is 2.90. The van der Waals surface area contributed by atoms with Crippen molar-refractivity contribution in [3.05, 3.63) is 53.1 Å². The molecule has 6 heteroatoms. The lowest BCUT2D eigenvalue weighted by molar-refractivity contribution is 0.0435. The molecule has 0 radical (unpaired) electrons. The van der Waals surface area contributed by atoms with Crippen LogP contribution >= 0.6 is 0 Å². The van der Waals surface area contributed by atoms with Gasteiger partial charge in [-0.05, 0) is 24.3 Å². The average molecular weight is 310 g/mol. The van der Waals surface area contributed by atoms with Gasteiger partial charge in [0.05, 0.1) is 25.5 Å². The van der Waals surface area contributed by atoms with E-state index >= 15 is 0 Å². The maximum atomic E-state index is 12.2. The molecule has 1 atom stereocenters. The summed E-state index contributed by atoms with van der Waals surface area (Å²) < 4.78 is 15.9. The number of carbonyl (C=O) groups excluding carboxylic acids is 1. The molecular weight excluding hydrogens is 296 g/mol. The van der Waals surface area contributed by atoms with Gasteiger partial charge in [0.15, 0.2) is 11.5 Å². The van der Waals surface area contributed by atoms with Crippen molar-refractivity contribution in [2.75, 3.05) is 19.5 Å². The zero-order valence-corrected chi connectivity index (χ0v) is 12.6. The Balaban J connectivity index is 2.01. The zero-order chi connectivity index (χ0) is 16.4. The van der Waals surface area contributed by atoms with Crippen LogP contribution in [0.25, 0.3) is 0 Å². The first kappa shape index (κ1) is 14.7. The summed E-state index contributed by atoms with van der Waals surface area (Å²) in [7, 11) is 2.97. The van der Waals surface area contributed by atoms with Gasteiger partial charge >= 0.3 is 5.97 Å². The standard InChI is InChI=1S/C17H14N2O4/c1-21-13-8-7-11-14(15(13)22-2)17(20)23-16(11)19-12-6-4-3-5-10(12)9-18/h3-8,16,19H,1-2H3. The van der Waals surface area contributed by atoms with Crippen LogP contribution in [0.1, 0.15) is 27.7 Å². The van der Waals surface area contributed by atoms with Gasteiger partial charge in [0.1, 0.15) is 11.6 Å². The highest BCUT2D eigenvalue weighted by Crippen LogP contribution is 2.42. The molecule has 0 saturated heterocycles. The Morgan fingerprint density at radius 1 is 1.17 bits per heavy atom. The first-order chi connectivity index (χ1) is 11.2. The summed E-state index contributed by atoms with van der Waals surface area (Å²) in [5, 5.41) is 12.2. The van der Waals surface area contributed by atoms with Crippen LogP contribution in [-0.4, -0.2) is 20.2 Å². The van der Waals surface area contributed by atoms with Gasteiger partial charge in [-0.3, -0.25) is 0 Å². The highest BCUT2D eigenvalue weighted by atomic mass is 16.6. The number of rotatable bonds is 4. The molecule has 0 bridgehead atoms. The molecule has 2 aromatic rings. The molecule has 0 saturated carbocycles. The summed E-state index contributed by atoms with van der Waals surface area (Å²) in [6, 6.07) is 12.6. The molecule has 0 amide bonds. The number of methoxy groups -OCH3 is 2. The number of nitriles is 1. The number of fused-ring (bicyclic) bond motifs is 1. The predicted molar refractivity (Wildman–Crippen MR) is 82.5 cm³/mol. The molecule has 1 heterocycles. The smallest absolute Gasteiger partial charge is 0.344 e. The minimum atomic E-state index is -0.688. The third-order valence-corrected chi connectivity index (χ3v) is 3.62. The van der Waals surface area contributed by atoms with Crippen LogP contribution in [-0.2, 0) is 4.74 Å². The summed E-state index contributed by atoms with van der Waals surface area (Å²) in [5.41, 5.74) is 2.03. The van der Waals surface area contributed by atoms with Gasteiger partial charge in [-0.1, -0.05) is 12.1 Å². The van der Waals surface area contributed by atoms with E-state index in [-0.39, 0.29) is 0 Å². The van der Waals surface area contributed by atoms with Crippen molar-refractivity contribution >= 4 is 11.7 Å². The van der Waals surface area contributed by atoms with Gasteiger partial charge in [-0.25, -0.2) is 4.79 Å². The van der Waals surface area contributed by atoms with Crippen molar-refractivity contribution in [1.29, 1.82) is 5.26 Å². The predicted octanol–water partition coefficient (Wildman–Crippen LogP) is 2.86. The fourth-order valence-electron chi connectivity index (χ4n) is 2.56. The number of hydrogen-bond acceptors (Lipinski definition) is 6. The number of esters is 1. The summed E-state index contributed by atoms with van der Waals surface area (Å²) in [5.74, 6) is 0.303. The molecule has 0 fully saturated rings. The zero-order valence-electron chi connectivity index (χ0n) is 12.6. The second-order valence-electron chi connectivity index (χ2n) is 4.85. The van der Waals surface area contributed by atoms with Gasteiger partial charge in [-0.2, -0.15) is 5.26 Å². The number of benzene rings is 2. The molecule has 0 aliphatic carbocycles. The van der Waals surface area contributed by atoms with E-state index in [1.54, 1.807) is 36.4 Å². The van der Waals surface area contributed by atoms with E-state index in [1.807, 2.05) is 0 Å². The molecular formula is C17H14N2O4. The summed E-state index contributed by atoms with van der Waals surface area (Å²) in [6.45, 7) is 0. The number of nitrogens with zero attached hydrogens (tertiary/aromatic N) is 1. The monoisotopic (exact) mass is 310 g/mol. The molecule has 23 heavy (non-hydrogen) atoms. The Kier molecular flexibility index (Phi) is 3.77. The Labute approximate surface area is 133 Å². The maximum Gasteiger partial charge on any atom is 0.344 e. The number of cyclic esters (lactones) is 1. The molecule has 6 nitrogen and oxygen atoms in total. The van der Waals surface area contributed by atoms with Crippen LogP contribution in [0.3, 0.4) is 0 Å². The number of carbonyl (C=O) groups is 1.